The van der Waals surface area contributed by atoms with Crippen molar-refractivity contribution in [2.75, 3.05) is 4.90 Å². The Morgan fingerprint density at radius 2 is 1.60 bits per heavy atom. The van der Waals surface area contributed by atoms with Crippen molar-refractivity contribution in [3.05, 3.63) is 66.7 Å². The van der Waals surface area contributed by atoms with Gasteiger partial charge in [-0.25, -0.2) is 0 Å². The summed E-state index contributed by atoms with van der Waals surface area (Å²) in [6, 6.07) is 18.0. The Balaban J connectivity index is 1.34. The highest BCUT2D eigenvalue weighted by atomic mass is 16.2. The Labute approximate surface area is 177 Å². The summed E-state index contributed by atoms with van der Waals surface area (Å²) in [5.74, 6) is 2.25. The third-order valence-electron chi connectivity index (χ3n) is 8.40. The van der Waals surface area contributed by atoms with Crippen LogP contribution in [-0.4, -0.2) is 11.8 Å². The summed E-state index contributed by atoms with van der Waals surface area (Å²) in [7, 11) is 0. The molecule has 3 heteroatoms. The van der Waals surface area contributed by atoms with Crippen molar-refractivity contribution in [2.45, 2.75) is 26.2 Å². The summed E-state index contributed by atoms with van der Waals surface area (Å²) in [6.45, 7) is 2.33. The van der Waals surface area contributed by atoms with Crippen LogP contribution in [0.4, 0.5) is 5.69 Å². The number of allylic oxidation sites excluding steroid dienone is 2. The normalized spacial score (nSPS) is 36.7. The molecule has 1 aliphatic heterocycles. The Kier molecular flexibility index (Phi) is 4.02. The lowest BCUT2D eigenvalue weighted by molar-refractivity contribution is -0.123. The van der Waals surface area contributed by atoms with Crippen LogP contribution in [-0.2, 0) is 9.59 Å². The summed E-state index contributed by atoms with van der Waals surface area (Å²) in [5.41, 5.74) is 2.86. The van der Waals surface area contributed by atoms with Crippen LogP contribution < -0.4 is 4.90 Å². The third kappa shape index (κ3) is 2.44. The van der Waals surface area contributed by atoms with Crippen molar-refractivity contribution in [3.8, 4) is 11.1 Å². The van der Waals surface area contributed by atoms with E-state index in [-0.39, 0.29) is 23.7 Å². The van der Waals surface area contributed by atoms with Gasteiger partial charge in [-0.1, -0.05) is 61.5 Å². The number of amides is 2. The van der Waals surface area contributed by atoms with Crippen LogP contribution in [0.2, 0.25) is 0 Å². The first-order valence-electron chi connectivity index (χ1n) is 11.3. The van der Waals surface area contributed by atoms with E-state index < -0.39 is 0 Å². The number of rotatable bonds is 3. The number of fused-ring (bicyclic) bond motifs is 5. The SMILES string of the molecule is CC1C2CC(C3C(=O)N(c4cccc(-c5ccccc5)c4)C(=O)C23)C1C1C=CCC1. The first-order chi connectivity index (χ1) is 14.6. The van der Waals surface area contributed by atoms with E-state index in [0.29, 0.717) is 29.6 Å². The van der Waals surface area contributed by atoms with Gasteiger partial charge in [0.2, 0.25) is 11.8 Å². The second kappa shape index (κ2) is 6.66. The number of hydrogen-bond donors (Lipinski definition) is 0. The molecule has 0 spiro atoms. The summed E-state index contributed by atoms with van der Waals surface area (Å²) < 4.78 is 0. The van der Waals surface area contributed by atoms with Crippen molar-refractivity contribution < 1.29 is 9.59 Å². The van der Waals surface area contributed by atoms with Gasteiger partial charge in [0.05, 0.1) is 17.5 Å². The van der Waals surface area contributed by atoms with Crippen LogP contribution in [0.3, 0.4) is 0 Å². The van der Waals surface area contributed by atoms with Crippen molar-refractivity contribution in [1.82, 2.24) is 0 Å². The van der Waals surface area contributed by atoms with Crippen molar-refractivity contribution in [3.63, 3.8) is 0 Å². The van der Waals surface area contributed by atoms with E-state index in [1.54, 1.807) is 0 Å². The second-order valence-corrected chi connectivity index (χ2v) is 9.65. The highest BCUT2D eigenvalue weighted by Crippen LogP contribution is 2.64. The van der Waals surface area contributed by atoms with Crippen LogP contribution in [0.25, 0.3) is 11.1 Å². The topological polar surface area (TPSA) is 37.4 Å². The molecular weight excluding hydrogens is 370 g/mol. The number of benzene rings is 2. The van der Waals surface area contributed by atoms with Gasteiger partial charge in [-0.2, -0.15) is 0 Å². The van der Waals surface area contributed by atoms with Crippen LogP contribution in [0, 0.1) is 41.4 Å². The molecule has 2 bridgehead atoms. The molecule has 0 radical (unpaired) electrons. The van der Waals surface area contributed by atoms with Gasteiger partial charge in [-0.05, 0) is 72.1 Å². The average molecular weight is 398 g/mol. The lowest BCUT2D eigenvalue weighted by Gasteiger charge is -2.37. The van der Waals surface area contributed by atoms with E-state index >= 15 is 0 Å². The van der Waals surface area contributed by atoms with Gasteiger partial charge in [-0.15, -0.1) is 0 Å². The molecule has 3 aliphatic carbocycles. The minimum Gasteiger partial charge on any atom is -0.274 e. The molecule has 30 heavy (non-hydrogen) atoms. The summed E-state index contributed by atoms with van der Waals surface area (Å²) in [6.07, 6.45) is 8.09. The highest BCUT2D eigenvalue weighted by molar-refractivity contribution is 6.22. The zero-order valence-corrected chi connectivity index (χ0v) is 17.3. The maximum atomic E-state index is 13.6. The molecule has 4 aliphatic rings. The van der Waals surface area contributed by atoms with E-state index in [0.717, 1.165) is 29.7 Å². The lowest BCUT2D eigenvalue weighted by Crippen LogP contribution is -2.38. The molecule has 1 heterocycles. The van der Waals surface area contributed by atoms with Crippen LogP contribution in [0.5, 0.6) is 0 Å². The van der Waals surface area contributed by atoms with E-state index in [1.165, 1.54) is 11.3 Å². The summed E-state index contributed by atoms with van der Waals surface area (Å²) in [5, 5.41) is 0. The molecule has 2 aromatic rings. The van der Waals surface area contributed by atoms with Gasteiger partial charge in [0.15, 0.2) is 0 Å². The number of hydrogen-bond acceptors (Lipinski definition) is 2. The number of anilines is 1. The molecule has 7 unspecified atom stereocenters. The van der Waals surface area contributed by atoms with Crippen molar-refractivity contribution in [2.24, 2.45) is 41.4 Å². The molecule has 6 rings (SSSR count). The maximum Gasteiger partial charge on any atom is 0.237 e. The fourth-order valence-corrected chi connectivity index (χ4v) is 7.23. The molecule has 2 aromatic carbocycles. The molecule has 3 nitrogen and oxygen atoms in total. The fourth-order valence-electron chi connectivity index (χ4n) is 7.23. The van der Waals surface area contributed by atoms with Gasteiger partial charge in [0.1, 0.15) is 0 Å². The molecule has 0 aromatic heterocycles. The van der Waals surface area contributed by atoms with Gasteiger partial charge >= 0.3 is 0 Å². The summed E-state index contributed by atoms with van der Waals surface area (Å²) >= 11 is 0. The molecule has 7 atom stereocenters. The largest absolute Gasteiger partial charge is 0.274 e. The molecule has 2 saturated carbocycles. The van der Waals surface area contributed by atoms with Gasteiger partial charge in [0, 0.05) is 0 Å². The predicted molar refractivity (Wildman–Crippen MR) is 117 cm³/mol. The smallest absolute Gasteiger partial charge is 0.237 e. The Bertz CT molecular complexity index is 1040. The van der Waals surface area contributed by atoms with Crippen LogP contribution in [0.15, 0.2) is 66.7 Å². The van der Waals surface area contributed by atoms with E-state index in [2.05, 4.69) is 31.2 Å². The number of carbonyl (C=O) groups excluding carboxylic acids is 2. The molecule has 0 N–H and O–H groups in total. The minimum atomic E-state index is -0.113. The van der Waals surface area contributed by atoms with Crippen LogP contribution >= 0.6 is 0 Å². The number of carbonyl (C=O) groups is 2. The quantitative estimate of drug-likeness (QED) is 0.519. The minimum absolute atomic E-state index is 0.0370. The maximum absolute atomic E-state index is 13.6. The monoisotopic (exact) mass is 397 g/mol. The first-order valence-corrected chi connectivity index (χ1v) is 11.3. The Morgan fingerprint density at radius 1 is 0.867 bits per heavy atom. The molecular formula is C27H27NO2. The number of imide groups is 1. The molecule has 2 amide bonds. The lowest BCUT2D eigenvalue weighted by atomic mass is 9.65. The first kappa shape index (κ1) is 18.1. The van der Waals surface area contributed by atoms with Gasteiger partial charge in [-0.3, -0.25) is 14.5 Å². The van der Waals surface area contributed by atoms with Gasteiger partial charge in [0.25, 0.3) is 0 Å². The fraction of sp³-hybridized carbons (Fsp3) is 0.407. The van der Waals surface area contributed by atoms with E-state index in [9.17, 15) is 9.59 Å². The van der Waals surface area contributed by atoms with Crippen molar-refractivity contribution in [1.29, 1.82) is 0 Å². The zero-order chi connectivity index (χ0) is 20.4. The standard InChI is InChI=1S/C27H27NO2/c1-16-21-15-22(23(16)18-10-5-6-11-18)25-24(21)26(29)28(27(25)30)20-13-7-12-19(14-20)17-8-3-2-4-9-17/h2-5,7-10,12-14,16,18,21-25H,6,11,15H2,1H3. The van der Waals surface area contributed by atoms with E-state index in [1.807, 2.05) is 42.5 Å². The van der Waals surface area contributed by atoms with Crippen molar-refractivity contribution >= 4 is 17.5 Å². The van der Waals surface area contributed by atoms with E-state index in [4.69, 9.17) is 0 Å². The molecule has 1 saturated heterocycles. The van der Waals surface area contributed by atoms with Crippen LogP contribution in [0.1, 0.15) is 26.2 Å². The third-order valence-corrected chi connectivity index (χ3v) is 8.40. The second-order valence-electron chi connectivity index (χ2n) is 9.65. The zero-order valence-electron chi connectivity index (χ0n) is 17.3. The highest BCUT2D eigenvalue weighted by Gasteiger charge is 2.67. The molecule has 152 valence electrons. The van der Waals surface area contributed by atoms with Gasteiger partial charge < -0.3 is 0 Å². The average Bonchev–Trinajstić information content (AvgIpc) is 3.53. The number of nitrogens with zero attached hydrogens (tertiary/aromatic N) is 1. The Morgan fingerprint density at radius 3 is 2.33 bits per heavy atom. The summed E-state index contributed by atoms with van der Waals surface area (Å²) in [4.78, 5) is 28.6. The molecule has 3 fully saturated rings. The Hall–Kier alpha value is -2.68. The predicted octanol–water partition coefficient (Wildman–Crippen LogP) is 5.33.